The van der Waals surface area contributed by atoms with Crippen LogP contribution in [0.4, 0.5) is 9.93 Å². The van der Waals surface area contributed by atoms with E-state index in [0.29, 0.717) is 10.9 Å². The summed E-state index contributed by atoms with van der Waals surface area (Å²) in [6.45, 7) is 3.74. The third-order valence-electron chi connectivity index (χ3n) is 2.92. The van der Waals surface area contributed by atoms with Gasteiger partial charge in [-0.3, -0.25) is 9.53 Å². The lowest BCUT2D eigenvalue weighted by Crippen LogP contribution is -2.39. The van der Waals surface area contributed by atoms with Gasteiger partial charge in [0.25, 0.3) is 0 Å². The highest BCUT2D eigenvalue weighted by Crippen LogP contribution is 2.32. The lowest BCUT2D eigenvalue weighted by atomic mass is 10.2. The van der Waals surface area contributed by atoms with Crippen LogP contribution in [0.15, 0.2) is 30.3 Å². The molecular formula is C15H19N3O2S2. The first-order valence-electron chi connectivity index (χ1n) is 6.86. The van der Waals surface area contributed by atoms with E-state index < -0.39 is 10.8 Å². The Morgan fingerprint density at radius 2 is 2.05 bits per heavy atom. The van der Waals surface area contributed by atoms with Gasteiger partial charge in [-0.15, -0.1) is 0 Å². The van der Waals surface area contributed by atoms with E-state index in [4.69, 9.17) is 0 Å². The Labute approximate surface area is 136 Å². The van der Waals surface area contributed by atoms with Gasteiger partial charge in [0.2, 0.25) is 0 Å². The van der Waals surface area contributed by atoms with Crippen molar-refractivity contribution in [2.45, 2.75) is 19.9 Å². The summed E-state index contributed by atoms with van der Waals surface area (Å²) in [5, 5.41) is 6.04. The minimum absolute atomic E-state index is 0.152. The van der Waals surface area contributed by atoms with Crippen molar-refractivity contribution in [2.75, 3.05) is 17.3 Å². The van der Waals surface area contributed by atoms with Crippen molar-refractivity contribution in [3.05, 3.63) is 36.0 Å². The van der Waals surface area contributed by atoms with Crippen molar-refractivity contribution in [2.24, 2.45) is 0 Å². The number of thiazole rings is 1. The number of carbonyl (C=O) groups is 1. The van der Waals surface area contributed by atoms with Crippen LogP contribution in [0.1, 0.15) is 12.6 Å². The predicted molar refractivity (Wildman–Crippen MR) is 92.8 cm³/mol. The lowest BCUT2D eigenvalue weighted by Gasteiger charge is -2.11. The molecule has 0 radical (unpaired) electrons. The first kappa shape index (κ1) is 16.6. The van der Waals surface area contributed by atoms with E-state index >= 15 is 0 Å². The number of anilines is 1. The van der Waals surface area contributed by atoms with Gasteiger partial charge in [-0.2, -0.15) is 0 Å². The average molecular weight is 337 g/mol. The van der Waals surface area contributed by atoms with E-state index in [1.807, 2.05) is 44.2 Å². The van der Waals surface area contributed by atoms with Gasteiger partial charge < -0.3 is 5.32 Å². The Kier molecular flexibility index (Phi) is 5.68. The standard InChI is InChI=1S/C15H19N3O2S2/c1-10(9-22(3)20)16-14(19)18-15-17-11(2)13(21-15)12-7-5-4-6-8-12/h4-8,10H,9H2,1-3H3,(H2,16,17,18,19)/t10-,22+/m0/s1. The Hall–Kier alpha value is -1.73. The minimum atomic E-state index is -0.939. The Morgan fingerprint density at radius 1 is 1.36 bits per heavy atom. The molecule has 2 amide bonds. The van der Waals surface area contributed by atoms with Crippen LogP contribution in [0.3, 0.4) is 0 Å². The normalized spacial score (nSPS) is 13.4. The maximum absolute atomic E-state index is 11.9. The molecule has 0 aliphatic heterocycles. The number of hydrogen-bond acceptors (Lipinski definition) is 4. The maximum atomic E-state index is 11.9. The van der Waals surface area contributed by atoms with Crippen LogP contribution in [-0.2, 0) is 10.8 Å². The second-order valence-electron chi connectivity index (χ2n) is 5.04. The number of aryl methyl sites for hydroxylation is 1. The summed E-state index contributed by atoms with van der Waals surface area (Å²) >= 11 is 1.44. The Balaban J connectivity index is 2.02. The van der Waals surface area contributed by atoms with Crippen molar-refractivity contribution < 1.29 is 9.00 Å². The molecule has 2 N–H and O–H groups in total. The Morgan fingerprint density at radius 3 is 2.68 bits per heavy atom. The number of amides is 2. The fourth-order valence-electron chi connectivity index (χ4n) is 2.06. The smallest absolute Gasteiger partial charge is 0.321 e. The summed E-state index contributed by atoms with van der Waals surface area (Å²) in [7, 11) is -0.939. The van der Waals surface area contributed by atoms with Gasteiger partial charge in [-0.25, -0.2) is 9.78 Å². The zero-order valence-corrected chi connectivity index (χ0v) is 14.4. The highest BCUT2D eigenvalue weighted by Gasteiger charge is 2.13. The lowest BCUT2D eigenvalue weighted by molar-refractivity contribution is 0.250. The van der Waals surface area contributed by atoms with Gasteiger partial charge >= 0.3 is 6.03 Å². The number of carbonyl (C=O) groups excluding carboxylic acids is 1. The third-order valence-corrected chi connectivity index (χ3v) is 5.01. The molecule has 1 aromatic carbocycles. The quantitative estimate of drug-likeness (QED) is 0.881. The number of benzene rings is 1. The van der Waals surface area contributed by atoms with Gasteiger partial charge in [0.05, 0.1) is 10.6 Å². The number of nitrogens with one attached hydrogen (secondary N) is 2. The molecule has 0 aliphatic rings. The van der Waals surface area contributed by atoms with E-state index in [9.17, 15) is 9.00 Å². The molecule has 0 spiro atoms. The van der Waals surface area contributed by atoms with E-state index in [1.165, 1.54) is 11.3 Å². The topological polar surface area (TPSA) is 71.1 Å². The van der Waals surface area contributed by atoms with E-state index in [2.05, 4.69) is 15.6 Å². The summed E-state index contributed by atoms with van der Waals surface area (Å²) < 4.78 is 11.1. The predicted octanol–water partition coefficient (Wildman–Crippen LogP) is 3.01. The van der Waals surface area contributed by atoms with Crippen LogP contribution in [0.25, 0.3) is 10.4 Å². The van der Waals surface area contributed by atoms with Gasteiger partial charge in [0, 0.05) is 28.9 Å². The number of hydrogen-bond donors (Lipinski definition) is 2. The fourth-order valence-corrected chi connectivity index (χ4v) is 3.81. The number of aromatic nitrogens is 1. The Bertz CT molecular complexity index is 671. The van der Waals surface area contributed by atoms with Crippen molar-refractivity contribution in [1.29, 1.82) is 0 Å². The molecule has 0 aliphatic carbocycles. The molecule has 2 rings (SSSR count). The SMILES string of the molecule is Cc1nc(NC(=O)N[C@@H](C)C[S@@](C)=O)sc1-c1ccccc1. The summed E-state index contributed by atoms with van der Waals surface area (Å²) in [6.07, 6.45) is 1.62. The van der Waals surface area contributed by atoms with Gasteiger partial charge in [0.15, 0.2) is 5.13 Å². The second kappa shape index (κ2) is 7.51. The fraction of sp³-hybridized carbons (Fsp3) is 0.333. The molecule has 2 aromatic rings. The van der Waals surface area contributed by atoms with Crippen LogP contribution in [-0.4, -0.2) is 33.3 Å². The highest BCUT2D eigenvalue weighted by molar-refractivity contribution is 7.84. The van der Waals surface area contributed by atoms with Crippen molar-refractivity contribution in [3.63, 3.8) is 0 Å². The molecular weight excluding hydrogens is 318 g/mol. The molecule has 1 heterocycles. The molecule has 0 saturated heterocycles. The van der Waals surface area contributed by atoms with Crippen molar-refractivity contribution in [1.82, 2.24) is 10.3 Å². The summed E-state index contributed by atoms with van der Waals surface area (Å²) in [5.41, 5.74) is 1.97. The van der Waals surface area contributed by atoms with Crippen LogP contribution in [0.5, 0.6) is 0 Å². The highest BCUT2D eigenvalue weighted by atomic mass is 32.2. The van der Waals surface area contributed by atoms with Crippen molar-refractivity contribution in [3.8, 4) is 10.4 Å². The van der Waals surface area contributed by atoms with Gasteiger partial charge in [-0.1, -0.05) is 41.7 Å². The minimum Gasteiger partial charge on any atom is -0.334 e. The largest absolute Gasteiger partial charge is 0.334 e. The average Bonchev–Trinajstić information content (AvgIpc) is 2.79. The number of urea groups is 1. The first-order chi connectivity index (χ1) is 10.5. The van der Waals surface area contributed by atoms with E-state index in [-0.39, 0.29) is 12.1 Å². The second-order valence-corrected chi connectivity index (χ2v) is 7.52. The summed E-state index contributed by atoms with van der Waals surface area (Å²) in [6, 6.07) is 9.46. The van der Waals surface area contributed by atoms with E-state index in [0.717, 1.165) is 16.1 Å². The molecule has 7 heteroatoms. The maximum Gasteiger partial charge on any atom is 0.321 e. The monoisotopic (exact) mass is 337 g/mol. The molecule has 22 heavy (non-hydrogen) atoms. The zero-order valence-electron chi connectivity index (χ0n) is 12.8. The van der Waals surface area contributed by atoms with Crippen LogP contribution in [0, 0.1) is 6.92 Å². The molecule has 118 valence electrons. The van der Waals surface area contributed by atoms with Crippen LogP contribution < -0.4 is 10.6 Å². The number of nitrogens with zero attached hydrogens (tertiary/aromatic N) is 1. The van der Waals surface area contributed by atoms with Gasteiger partial charge in [0.1, 0.15) is 0 Å². The summed E-state index contributed by atoms with van der Waals surface area (Å²) in [5.74, 6) is 0.430. The molecule has 0 bridgehead atoms. The molecule has 1 aromatic heterocycles. The first-order valence-corrected chi connectivity index (χ1v) is 9.40. The summed E-state index contributed by atoms with van der Waals surface area (Å²) in [4.78, 5) is 17.3. The van der Waals surface area contributed by atoms with Crippen LogP contribution >= 0.6 is 11.3 Å². The molecule has 0 fully saturated rings. The van der Waals surface area contributed by atoms with Gasteiger partial charge in [-0.05, 0) is 19.4 Å². The molecule has 0 unspecified atom stereocenters. The van der Waals surface area contributed by atoms with E-state index in [1.54, 1.807) is 6.26 Å². The number of rotatable bonds is 5. The zero-order chi connectivity index (χ0) is 16.1. The molecule has 2 atom stereocenters. The molecule has 5 nitrogen and oxygen atoms in total. The third kappa shape index (κ3) is 4.64. The molecule has 0 saturated carbocycles. The van der Waals surface area contributed by atoms with Crippen molar-refractivity contribution >= 4 is 33.3 Å². The van der Waals surface area contributed by atoms with Crippen LogP contribution in [0.2, 0.25) is 0 Å².